The Morgan fingerprint density at radius 3 is 2.35 bits per heavy atom. The smallest absolute Gasteiger partial charge is 0.236 e. The second-order valence-electron chi connectivity index (χ2n) is 4.83. The first-order chi connectivity index (χ1) is 9.49. The summed E-state index contributed by atoms with van der Waals surface area (Å²) >= 11 is 0. The van der Waals surface area contributed by atoms with Crippen LogP contribution in [-0.4, -0.2) is 31.7 Å². The van der Waals surface area contributed by atoms with E-state index in [0.717, 1.165) is 5.56 Å². The fourth-order valence-corrected chi connectivity index (χ4v) is 3.43. The topological polar surface area (TPSA) is 80.5 Å². The molecule has 108 valence electrons. The molecule has 20 heavy (non-hydrogen) atoms. The molecule has 0 saturated carbocycles. The molecule has 1 amide bonds. The molecule has 2 N–H and O–H groups in total. The van der Waals surface area contributed by atoms with Crippen molar-refractivity contribution in [3.8, 4) is 0 Å². The highest BCUT2D eigenvalue weighted by Gasteiger charge is 2.28. The zero-order valence-electron chi connectivity index (χ0n) is 11.1. The third kappa shape index (κ3) is 3.68. The highest BCUT2D eigenvalue weighted by atomic mass is 32.2. The predicted molar refractivity (Wildman–Crippen MR) is 77.9 cm³/mol. The molecule has 0 radical (unpaired) electrons. The lowest BCUT2D eigenvalue weighted by atomic mass is 9.98. The highest BCUT2D eigenvalue weighted by Crippen LogP contribution is 2.20. The zero-order valence-corrected chi connectivity index (χ0v) is 11.9. The van der Waals surface area contributed by atoms with E-state index in [9.17, 15) is 13.2 Å². The number of amides is 1. The van der Waals surface area contributed by atoms with Crippen LogP contribution >= 0.6 is 0 Å². The minimum absolute atomic E-state index is 0.209. The van der Waals surface area contributed by atoms with E-state index in [2.05, 4.69) is 0 Å². The van der Waals surface area contributed by atoms with E-state index in [-0.39, 0.29) is 11.8 Å². The Morgan fingerprint density at radius 2 is 1.80 bits per heavy atom. The van der Waals surface area contributed by atoms with Gasteiger partial charge in [-0.25, -0.2) is 8.42 Å². The summed E-state index contributed by atoms with van der Waals surface area (Å²) < 4.78 is 25.7. The zero-order chi connectivity index (χ0) is 14.6. The Bertz CT molecular complexity index is 588. The molecular formula is C14H18N2O3S. The normalized spacial score (nSPS) is 18.4. The number of nitrogens with zero attached hydrogens (tertiary/aromatic N) is 1. The molecule has 0 aliphatic carbocycles. The van der Waals surface area contributed by atoms with Gasteiger partial charge in [0.1, 0.15) is 0 Å². The van der Waals surface area contributed by atoms with Crippen molar-refractivity contribution in [2.45, 2.75) is 12.8 Å². The van der Waals surface area contributed by atoms with Gasteiger partial charge in [-0.05, 0) is 24.5 Å². The number of primary amides is 1. The van der Waals surface area contributed by atoms with E-state index in [4.69, 9.17) is 5.73 Å². The van der Waals surface area contributed by atoms with Crippen molar-refractivity contribution in [1.29, 1.82) is 0 Å². The molecule has 1 aliphatic rings. The Balaban J connectivity index is 2.01. The van der Waals surface area contributed by atoms with Gasteiger partial charge in [-0.1, -0.05) is 30.3 Å². The van der Waals surface area contributed by atoms with Crippen molar-refractivity contribution >= 4 is 22.0 Å². The van der Waals surface area contributed by atoms with Crippen LogP contribution in [0.25, 0.3) is 6.08 Å². The van der Waals surface area contributed by atoms with Crippen LogP contribution in [0, 0.1) is 5.92 Å². The quantitative estimate of drug-likeness (QED) is 0.905. The number of carbonyl (C=O) groups is 1. The lowest BCUT2D eigenvalue weighted by Gasteiger charge is -2.28. The number of benzene rings is 1. The minimum atomic E-state index is -3.43. The lowest BCUT2D eigenvalue weighted by molar-refractivity contribution is -0.122. The van der Waals surface area contributed by atoms with Crippen LogP contribution in [0.2, 0.25) is 0 Å². The van der Waals surface area contributed by atoms with E-state index >= 15 is 0 Å². The first-order valence-corrected chi connectivity index (χ1v) is 8.02. The summed E-state index contributed by atoms with van der Waals surface area (Å²) in [5, 5.41) is 1.22. The SMILES string of the molecule is NC(=O)C1CCN(S(=O)(=O)C=Cc2ccccc2)CC1. The van der Waals surface area contributed by atoms with Crippen LogP contribution in [0.3, 0.4) is 0 Å². The number of hydrogen-bond donors (Lipinski definition) is 1. The molecule has 0 aromatic heterocycles. The number of hydrogen-bond acceptors (Lipinski definition) is 3. The fourth-order valence-electron chi connectivity index (χ4n) is 2.21. The fraction of sp³-hybridized carbons (Fsp3) is 0.357. The molecule has 1 aromatic carbocycles. The van der Waals surface area contributed by atoms with Crippen LogP contribution in [0.15, 0.2) is 35.7 Å². The molecular weight excluding hydrogens is 276 g/mol. The second kappa shape index (κ2) is 6.19. The van der Waals surface area contributed by atoms with E-state index in [0.29, 0.717) is 25.9 Å². The molecule has 1 saturated heterocycles. The third-order valence-corrected chi connectivity index (χ3v) is 5.01. The largest absolute Gasteiger partial charge is 0.369 e. The van der Waals surface area contributed by atoms with Crippen LogP contribution in [-0.2, 0) is 14.8 Å². The Kier molecular flexibility index (Phi) is 4.57. The average molecular weight is 294 g/mol. The molecule has 6 heteroatoms. The van der Waals surface area contributed by atoms with Gasteiger partial charge in [0.2, 0.25) is 15.9 Å². The van der Waals surface area contributed by atoms with E-state index in [1.807, 2.05) is 30.3 Å². The van der Waals surface area contributed by atoms with Crippen LogP contribution in [0.1, 0.15) is 18.4 Å². The van der Waals surface area contributed by atoms with Gasteiger partial charge in [-0.15, -0.1) is 0 Å². The molecule has 0 spiro atoms. The van der Waals surface area contributed by atoms with Crippen molar-refractivity contribution in [1.82, 2.24) is 4.31 Å². The molecule has 0 bridgehead atoms. The maximum Gasteiger partial charge on any atom is 0.236 e. The molecule has 1 fully saturated rings. The van der Waals surface area contributed by atoms with Crippen molar-refractivity contribution in [2.24, 2.45) is 11.7 Å². The third-order valence-electron chi connectivity index (χ3n) is 3.45. The van der Waals surface area contributed by atoms with Crippen molar-refractivity contribution < 1.29 is 13.2 Å². The molecule has 1 heterocycles. The van der Waals surface area contributed by atoms with Gasteiger partial charge in [0.25, 0.3) is 0 Å². The summed E-state index contributed by atoms with van der Waals surface area (Å²) in [7, 11) is -3.43. The van der Waals surface area contributed by atoms with Crippen LogP contribution < -0.4 is 5.73 Å². The van der Waals surface area contributed by atoms with Crippen LogP contribution in [0.4, 0.5) is 0 Å². The summed E-state index contributed by atoms with van der Waals surface area (Å²) in [5.41, 5.74) is 6.07. The number of rotatable bonds is 4. The Labute approximate surface area is 119 Å². The van der Waals surface area contributed by atoms with Crippen molar-refractivity contribution in [3.63, 3.8) is 0 Å². The van der Waals surface area contributed by atoms with Crippen molar-refractivity contribution in [2.75, 3.05) is 13.1 Å². The van der Waals surface area contributed by atoms with Gasteiger partial charge in [0.15, 0.2) is 0 Å². The maximum absolute atomic E-state index is 12.2. The first-order valence-electron chi connectivity index (χ1n) is 6.51. The van der Waals surface area contributed by atoms with Gasteiger partial charge >= 0.3 is 0 Å². The van der Waals surface area contributed by atoms with E-state index < -0.39 is 10.0 Å². The Morgan fingerprint density at radius 1 is 1.20 bits per heavy atom. The summed E-state index contributed by atoms with van der Waals surface area (Å²) in [6, 6.07) is 9.26. The monoisotopic (exact) mass is 294 g/mol. The maximum atomic E-state index is 12.2. The van der Waals surface area contributed by atoms with Gasteiger partial charge in [0, 0.05) is 24.4 Å². The highest BCUT2D eigenvalue weighted by molar-refractivity contribution is 7.92. The molecule has 5 nitrogen and oxygen atoms in total. The average Bonchev–Trinajstić information content (AvgIpc) is 2.46. The van der Waals surface area contributed by atoms with Gasteiger partial charge in [-0.2, -0.15) is 4.31 Å². The standard InChI is InChI=1S/C14H18N2O3S/c15-14(17)13-6-9-16(10-7-13)20(18,19)11-8-12-4-2-1-3-5-12/h1-5,8,11,13H,6-7,9-10H2,(H2,15,17). The number of nitrogens with two attached hydrogens (primary N) is 1. The van der Waals surface area contributed by atoms with Gasteiger partial charge in [0.05, 0.1) is 0 Å². The molecule has 2 rings (SSSR count). The Hall–Kier alpha value is -1.66. The van der Waals surface area contributed by atoms with E-state index in [1.54, 1.807) is 6.08 Å². The minimum Gasteiger partial charge on any atom is -0.369 e. The molecule has 1 aromatic rings. The van der Waals surface area contributed by atoms with Crippen molar-refractivity contribution in [3.05, 3.63) is 41.3 Å². The summed E-state index contributed by atoms with van der Waals surface area (Å²) in [6.45, 7) is 0.685. The van der Waals surface area contributed by atoms with Crippen LogP contribution in [0.5, 0.6) is 0 Å². The first kappa shape index (κ1) is 14.7. The predicted octanol–water partition coefficient (Wildman–Crippen LogP) is 1.18. The number of carbonyl (C=O) groups excluding carboxylic acids is 1. The summed E-state index contributed by atoms with van der Waals surface area (Å²) in [4.78, 5) is 11.1. The van der Waals surface area contributed by atoms with Gasteiger partial charge in [-0.3, -0.25) is 4.79 Å². The van der Waals surface area contributed by atoms with Gasteiger partial charge < -0.3 is 5.73 Å². The molecule has 0 atom stereocenters. The summed E-state index contributed by atoms with van der Waals surface area (Å²) in [6.07, 6.45) is 2.57. The number of sulfonamides is 1. The number of piperidine rings is 1. The molecule has 0 unspecified atom stereocenters. The van der Waals surface area contributed by atoms with E-state index in [1.165, 1.54) is 9.71 Å². The summed E-state index contributed by atoms with van der Waals surface area (Å²) in [5.74, 6) is -0.554. The molecule has 1 aliphatic heterocycles. The lowest BCUT2D eigenvalue weighted by Crippen LogP contribution is -2.40. The second-order valence-corrected chi connectivity index (χ2v) is 6.65.